The lowest BCUT2D eigenvalue weighted by Gasteiger charge is -2.18. The third-order valence-corrected chi connectivity index (χ3v) is 5.97. The molecule has 31 heavy (non-hydrogen) atoms. The Kier molecular flexibility index (Phi) is 6.16. The molecular formula is C25H28N4O2. The molecule has 0 spiro atoms. The van der Waals surface area contributed by atoms with Crippen LogP contribution in [0.4, 0.5) is 0 Å². The third kappa shape index (κ3) is 4.68. The smallest absolute Gasteiger partial charge is 0.225 e. The van der Waals surface area contributed by atoms with E-state index in [1.165, 1.54) is 5.56 Å². The zero-order valence-corrected chi connectivity index (χ0v) is 18.0. The van der Waals surface area contributed by atoms with Crippen molar-refractivity contribution >= 4 is 11.8 Å². The monoisotopic (exact) mass is 416 g/mol. The van der Waals surface area contributed by atoms with Crippen LogP contribution in [0.25, 0.3) is 5.69 Å². The van der Waals surface area contributed by atoms with Crippen LogP contribution in [0.1, 0.15) is 36.2 Å². The van der Waals surface area contributed by atoms with Gasteiger partial charge in [-0.25, -0.2) is 4.68 Å². The van der Waals surface area contributed by atoms with Gasteiger partial charge in [-0.3, -0.25) is 9.59 Å². The molecule has 0 saturated carbocycles. The third-order valence-electron chi connectivity index (χ3n) is 5.97. The number of amides is 2. The first-order valence-electron chi connectivity index (χ1n) is 10.7. The summed E-state index contributed by atoms with van der Waals surface area (Å²) in [5.41, 5.74) is 4.15. The number of nitrogens with zero attached hydrogens (tertiary/aromatic N) is 3. The Morgan fingerprint density at radius 3 is 2.52 bits per heavy atom. The van der Waals surface area contributed by atoms with Crippen molar-refractivity contribution in [3.63, 3.8) is 0 Å². The summed E-state index contributed by atoms with van der Waals surface area (Å²) in [5, 5.41) is 7.58. The van der Waals surface area contributed by atoms with Crippen LogP contribution in [0.3, 0.4) is 0 Å². The number of aromatic nitrogens is 2. The summed E-state index contributed by atoms with van der Waals surface area (Å²) in [6.07, 6.45) is 2.88. The number of nitrogens with one attached hydrogen (secondary N) is 1. The molecule has 6 nitrogen and oxygen atoms in total. The molecule has 4 rings (SSSR count). The van der Waals surface area contributed by atoms with E-state index in [0.29, 0.717) is 13.1 Å². The van der Waals surface area contributed by atoms with Crippen molar-refractivity contribution in [3.05, 3.63) is 83.7 Å². The van der Waals surface area contributed by atoms with Gasteiger partial charge in [0.1, 0.15) is 0 Å². The number of para-hydroxylation sites is 1. The van der Waals surface area contributed by atoms with Crippen molar-refractivity contribution in [2.45, 2.75) is 32.7 Å². The van der Waals surface area contributed by atoms with E-state index in [4.69, 9.17) is 0 Å². The van der Waals surface area contributed by atoms with Gasteiger partial charge in [-0.05, 0) is 38.0 Å². The second-order valence-electron chi connectivity index (χ2n) is 8.14. The van der Waals surface area contributed by atoms with E-state index >= 15 is 0 Å². The Morgan fingerprint density at radius 2 is 1.81 bits per heavy atom. The molecule has 0 bridgehead atoms. The number of hydrogen-bond donors (Lipinski definition) is 1. The second-order valence-corrected chi connectivity index (χ2v) is 8.14. The summed E-state index contributed by atoms with van der Waals surface area (Å²) in [4.78, 5) is 27.1. The fraction of sp³-hybridized carbons (Fsp3) is 0.320. The van der Waals surface area contributed by atoms with Gasteiger partial charge in [0.05, 0.1) is 23.8 Å². The Hall–Kier alpha value is -3.41. The Balaban J connectivity index is 1.35. The molecule has 2 unspecified atom stereocenters. The Bertz CT molecular complexity index is 1050. The molecule has 1 aromatic heterocycles. The standard InChI is InChI=1S/C25H28N4O2/c1-18(23-16-26-29(19(23)2)22-11-7-4-8-12-22)27-25(31)21-15-24(30)28(17-21)14-13-20-9-5-3-6-10-20/h3-12,16,18,21H,13-15,17H2,1-2H3,(H,27,31). The van der Waals surface area contributed by atoms with Crippen LogP contribution in [-0.2, 0) is 16.0 Å². The van der Waals surface area contributed by atoms with Gasteiger partial charge in [-0.1, -0.05) is 48.5 Å². The van der Waals surface area contributed by atoms with Crippen LogP contribution in [0.15, 0.2) is 66.9 Å². The average molecular weight is 417 g/mol. The molecule has 2 heterocycles. The van der Waals surface area contributed by atoms with Gasteiger partial charge < -0.3 is 10.2 Å². The van der Waals surface area contributed by atoms with Crippen LogP contribution >= 0.6 is 0 Å². The van der Waals surface area contributed by atoms with Gasteiger partial charge in [-0.15, -0.1) is 0 Å². The molecule has 1 saturated heterocycles. The van der Waals surface area contributed by atoms with Gasteiger partial charge >= 0.3 is 0 Å². The zero-order chi connectivity index (χ0) is 21.8. The van der Waals surface area contributed by atoms with Crippen molar-refractivity contribution < 1.29 is 9.59 Å². The Labute approximate surface area is 182 Å². The summed E-state index contributed by atoms with van der Waals surface area (Å²) < 4.78 is 1.88. The molecule has 1 aliphatic heterocycles. The molecule has 6 heteroatoms. The van der Waals surface area contributed by atoms with Crippen LogP contribution in [0.5, 0.6) is 0 Å². The minimum atomic E-state index is -0.310. The van der Waals surface area contributed by atoms with Crippen molar-refractivity contribution in [3.8, 4) is 5.69 Å². The molecule has 0 radical (unpaired) electrons. The summed E-state index contributed by atoms with van der Waals surface area (Å²) in [7, 11) is 0. The average Bonchev–Trinajstić information content (AvgIpc) is 3.36. The molecule has 2 atom stereocenters. The number of benzene rings is 2. The van der Waals surface area contributed by atoms with Crippen LogP contribution in [-0.4, -0.2) is 39.6 Å². The minimum absolute atomic E-state index is 0.0526. The Morgan fingerprint density at radius 1 is 1.13 bits per heavy atom. The highest BCUT2D eigenvalue weighted by molar-refractivity contribution is 5.89. The highest BCUT2D eigenvalue weighted by Gasteiger charge is 2.34. The second kappa shape index (κ2) is 9.16. The highest BCUT2D eigenvalue weighted by Crippen LogP contribution is 2.23. The van der Waals surface area contributed by atoms with E-state index in [0.717, 1.165) is 23.4 Å². The molecule has 1 N–H and O–H groups in total. The van der Waals surface area contributed by atoms with Gasteiger partial charge in [0.15, 0.2) is 0 Å². The normalized spacial score (nSPS) is 17.0. The van der Waals surface area contributed by atoms with Gasteiger partial charge in [0.25, 0.3) is 0 Å². The lowest BCUT2D eigenvalue weighted by Crippen LogP contribution is -2.35. The van der Waals surface area contributed by atoms with Gasteiger partial charge in [0, 0.05) is 30.8 Å². The molecule has 2 aromatic carbocycles. The number of carbonyl (C=O) groups is 2. The van der Waals surface area contributed by atoms with Crippen LogP contribution in [0, 0.1) is 12.8 Å². The van der Waals surface area contributed by atoms with Crippen molar-refractivity contribution in [1.82, 2.24) is 20.0 Å². The van der Waals surface area contributed by atoms with E-state index in [2.05, 4.69) is 22.5 Å². The zero-order valence-electron chi connectivity index (χ0n) is 18.0. The SMILES string of the molecule is Cc1c(C(C)NC(=O)C2CC(=O)N(CCc3ccccc3)C2)cnn1-c1ccccc1. The van der Waals surface area contributed by atoms with Crippen molar-refractivity contribution in [2.24, 2.45) is 5.92 Å². The lowest BCUT2D eigenvalue weighted by molar-refractivity contribution is -0.129. The predicted molar refractivity (Wildman–Crippen MR) is 120 cm³/mol. The predicted octanol–water partition coefficient (Wildman–Crippen LogP) is 3.45. The molecule has 1 fully saturated rings. The van der Waals surface area contributed by atoms with E-state index in [1.807, 2.05) is 67.1 Å². The molecule has 2 amide bonds. The first-order chi connectivity index (χ1) is 15.0. The summed E-state index contributed by atoms with van der Waals surface area (Å²) in [6, 6.07) is 19.8. The fourth-order valence-electron chi connectivity index (χ4n) is 4.16. The maximum absolute atomic E-state index is 12.9. The number of carbonyl (C=O) groups excluding carboxylic acids is 2. The first kappa shape index (κ1) is 20.8. The van der Waals surface area contributed by atoms with E-state index in [9.17, 15) is 9.59 Å². The first-order valence-corrected chi connectivity index (χ1v) is 10.7. The molecule has 1 aliphatic rings. The van der Waals surface area contributed by atoms with Crippen LogP contribution in [0.2, 0.25) is 0 Å². The molecule has 160 valence electrons. The maximum atomic E-state index is 12.9. The van der Waals surface area contributed by atoms with Gasteiger partial charge in [0.2, 0.25) is 11.8 Å². The minimum Gasteiger partial charge on any atom is -0.349 e. The quantitative estimate of drug-likeness (QED) is 0.642. The van der Waals surface area contributed by atoms with Crippen molar-refractivity contribution in [1.29, 1.82) is 0 Å². The van der Waals surface area contributed by atoms with Gasteiger partial charge in [-0.2, -0.15) is 5.10 Å². The van der Waals surface area contributed by atoms with E-state index in [1.54, 1.807) is 11.1 Å². The number of rotatable bonds is 7. The van der Waals surface area contributed by atoms with Crippen LogP contribution < -0.4 is 5.32 Å². The fourth-order valence-corrected chi connectivity index (χ4v) is 4.16. The summed E-state index contributed by atoms with van der Waals surface area (Å²) >= 11 is 0. The maximum Gasteiger partial charge on any atom is 0.225 e. The summed E-state index contributed by atoms with van der Waals surface area (Å²) in [5.74, 6) is -0.332. The van der Waals surface area contributed by atoms with E-state index < -0.39 is 0 Å². The van der Waals surface area contributed by atoms with Crippen molar-refractivity contribution in [2.75, 3.05) is 13.1 Å². The largest absolute Gasteiger partial charge is 0.349 e. The number of hydrogen-bond acceptors (Lipinski definition) is 3. The lowest BCUT2D eigenvalue weighted by atomic mass is 10.1. The van der Waals surface area contributed by atoms with E-state index in [-0.39, 0.29) is 30.2 Å². The highest BCUT2D eigenvalue weighted by atomic mass is 16.2. The summed E-state index contributed by atoms with van der Waals surface area (Å²) in [6.45, 7) is 5.08. The topological polar surface area (TPSA) is 67.2 Å². The number of likely N-dealkylation sites (tertiary alicyclic amines) is 1. The molecular weight excluding hydrogens is 388 g/mol. The molecule has 0 aliphatic carbocycles. The molecule has 3 aromatic rings.